The molecule has 1 aliphatic carbocycles. The summed E-state index contributed by atoms with van der Waals surface area (Å²) in [7, 11) is -3.09. The van der Waals surface area contributed by atoms with Crippen LogP contribution in [0.5, 0.6) is 0 Å². The van der Waals surface area contributed by atoms with E-state index in [4.69, 9.17) is 0 Å². The van der Waals surface area contributed by atoms with E-state index in [0.29, 0.717) is 10.3 Å². The molecule has 0 unspecified atom stereocenters. The Bertz CT molecular complexity index is 544. The summed E-state index contributed by atoms with van der Waals surface area (Å²) in [5.41, 5.74) is 0.399. The van der Waals surface area contributed by atoms with Crippen LogP contribution < -0.4 is 0 Å². The van der Waals surface area contributed by atoms with Crippen LogP contribution in [-0.2, 0) is 9.84 Å². The third-order valence-electron chi connectivity index (χ3n) is 4.24. The van der Waals surface area contributed by atoms with Crippen molar-refractivity contribution in [1.29, 1.82) is 0 Å². The van der Waals surface area contributed by atoms with E-state index >= 15 is 0 Å². The Kier molecular flexibility index (Phi) is 6.21. The van der Waals surface area contributed by atoms with Gasteiger partial charge in [-0.05, 0) is 42.5 Å². The summed E-state index contributed by atoms with van der Waals surface area (Å²) in [6, 6.07) is 7.29. The van der Waals surface area contributed by atoms with Crippen molar-refractivity contribution >= 4 is 37.5 Å². The third kappa shape index (κ3) is 5.00. The van der Waals surface area contributed by atoms with Crippen LogP contribution in [0, 0.1) is 5.41 Å². The highest BCUT2D eigenvalue weighted by Crippen LogP contribution is 2.41. The van der Waals surface area contributed by atoms with E-state index in [1.165, 1.54) is 44.8 Å². The van der Waals surface area contributed by atoms with E-state index in [2.05, 4.69) is 15.9 Å². The van der Waals surface area contributed by atoms with Gasteiger partial charge >= 0.3 is 0 Å². The quantitative estimate of drug-likeness (QED) is 0.406. The van der Waals surface area contributed by atoms with E-state index in [1.807, 2.05) is 23.9 Å². The topological polar surface area (TPSA) is 34.1 Å². The Morgan fingerprint density at radius 1 is 1.10 bits per heavy atom. The molecule has 0 aliphatic heterocycles. The van der Waals surface area contributed by atoms with Crippen molar-refractivity contribution in [2.45, 2.75) is 48.3 Å². The van der Waals surface area contributed by atoms with Crippen molar-refractivity contribution in [2.75, 3.05) is 17.3 Å². The van der Waals surface area contributed by atoms with Crippen LogP contribution in [-0.4, -0.2) is 25.8 Å². The van der Waals surface area contributed by atoms with Gasteiger partial charge in [-0.3, -0.25) is 0 Å². The first-order valence-corrected chi connectivity index (χ1v) is 11.4. The predicted octanol–water partition coefficient (Wildman–Crippen LogP) is 4.92. The summed E-state index contributed by atoms with van der Waals surface area (Å²) in [5.74, 6) is 1.11. The Hall–Kier alpha value is -0.000000000000000111. The molecule has 1 aliphatic rings. The first-order valence-electron chi connectivity index (χ1n) is 7.44. The van der Waals surface area contributed by atoms with Gasteiger partial charge in [0.05, 0.1) is 4.90 Å². The lowest BCUT2D eigenvalue weighted by molar-refractivity contribution is 0.334. The average Bonchev–Trinajstić information content (AvgIpc) is 2.71. The summed E-state index contributed by atoms with van der Waals surface area (Å²) in [5, 5.41) is 1.06. The molecule has 2 nitrogen and oxygen atoms in total. The molecule has 1 aromatic carbocycles. The zero-order chi connectivity index (χ0) is 15.3. The van der Waals surface area contributed by atoms with Crippen LogP contribution in [0.3, 0.4) is 0 Å². The largest absolute Gasteiger partial charge is 0.224 e. The lowest BCUT2D eigenvalue weighted by Gasteiger charge is -2.30. The number of hydrogen-bond donors (Lipinski definition) is 0. The number of sulfone groups is 1. The minimum Gasteiger partial charge on any atom is -0.224 e. The van der Waals surface area contributed by atoms with Crippen molar-refractivity contribution in [3.63, 3.8) is 0 Å². The van der Waals surface area contributed by atoms with Gasteiger partial charge in [0.1, 0.15) is 0 Å². The predicted molar refractivity (Wildman–Crippen MR) is 94.2 cm³/mol. The maximum absolute atomic E-state index is 11.5. The minimum absolute atomic E-state index is 0.399. The van der Waals surface area contributed by atoms with Gasteiger partial charge in [0.25, 0.3) is 0 Å². The Morgan fingerprint density at radius 2 is 1.67 bits per heavy atom. The molecular formula is C16H23BrO2S2. The lowest BCUT2D eigenvalue weighted by Crippen LogP contribution is -2.25. The van der Waals surface area contributed by atoms with Crippen LogP contribution in [0.1, 0.15) is 38.5 Å². The van der Waals surface area contributed by atoms with Crippen LogP contribution in [0.4, 0.5) is 0 Å². The molecule has 1 fully saturated rings. The Labute approximate surface area is 141 Å². The molecule has 118 valence electrons. The Balaban J connectivity index is 2.01. The fraction of sp³-hybridized carbons (Fsp3) is 0.625. The molecule has 0 N–H and O–H groups in total. The van der Waals surface area contributed by atoms with Crippen molar-refractivity contribution < 1.29 is 8.42 Å². The van der Waals surface area contributed by atoms with Crippen LogP contribution >= 0.6 is 27.7 Å². The molecule has 0 atom stereocenters. The van der Waals surface area contributed by atoms with Crippen LogP contribution in [0.25, 0.3) is 0 Å². The Morgan fingerprint density at radius 3 is 2.14 bits per heavy atom. The number of rotatable bonds is 5. The molecule has 0 bridgehead atoms. The summed E-state index contributed by atoms with van der Waals surface area (Å²) in [6.45, 7) is 0. The first kappa shape index (κ1) is 17.4. The van der Waals surface area contributed by atoms with Crippen molar-refractivity contribution in [3.8, 4) is 0 Å². The van der Waals surface area contributed by atoms with E-state index in [9.17, 15) is 8.42 Å². The molecule has 0 spiro atoms. The zero-order valence-corrected chi connectivity index (χ0v) is 15.7. The van der Waals surface area contributed by atoms with E-state index < -0.39 is 9.84 Å². The molecule has 2 rings (SSSR count). The minimum atomic E-state index is -3.09. The summed E-state index contributed by atoms with van der Waals surface area (Å²) in [4.78, 5) is 1.56. The highest BCUT2D eigenvalue weighted by molar-refractivity contribution is 9.09. The van der Waals surface area contributed by atoms with Crippen molar-refractivity contribution in [3.05, 3.63) is 24.3 Å². The summed E-state index contributed by atoms with van der Waals surface area (Å²) < 4.78 is 22.9. The number of thioether (sulfide) groups is 1. The van der Waals surface area contributed by atoms with Gasteiger partial charge in [0.2, 0.25) is 0 Å². The molecular weight excluding hydrogens is 368 g/mol. The molecule has 0 heterocycles. The highest BCUT2D eigenvalue weighted by atomic mass is 79.9. The number of benzene rings is 1. The van der Waals surface area contributed by atoms with Gasteiger partial charge < -0.3 is 0 Å². The van der Waals surface area contributed by atoms with Crippen molar-refractivity contribution in [2.24, 2.45) is 5.41 Å². The zero-order valence-electron chi connectivity index (χ0n) is 12.5. The van der Waals surface area contributed by atoms with Gasteiger partial charge in [-0.1, -0.05) is 41.6 Å². The monoisotopic (exact) mass is 390 g/mol. The lowest BCUT2D eigenvalue weighted by atomic mass is 9.85. The summed E-state index contributed by atoms with van der Waals surface area (Å²) >= 11 is 5.58. The summed E-state index contributed by atoms with van der Waals surface area (Å²) in [6.07, 6.45) is 9.24. The second-order valence-corrected chi connectivity index (χ2v) is 9.71. The SMILES string of the molecule is CS(=O)(=O)c1ccc(SCC2(CBr)CCCCCC2)cc1. The van der Waals surface area contributed by atoms with Crippen molar-refractivity contribution in [1.82, 2.24) is 0 Å². The molecule has 5 heteroatoms. The third-order valence-corrected chi connectivity index (χ3v) is 7.92. The molecule has 0 aromatic heterocycles. The van der Waals surface area contributed by atoms with Gasteiger partial charge in [0, 0.05) is 22.2 Å². The molecule has 1 aromatic rings. The molecule has 1 saturated carbocycles. The number of halogens is 1. The molecule has 0 saturated heterocycles. The number of alkyl halides is 1. The molecule has 0 amide bonds. The smallest absolute Gasteiger partial charge is 0.175 e. The highest BCUT2D eigenvalue weighted by Gasteiger charge is 2.29. The standard InChI is InChI=1S/C16H23BrO2S2/c1-21(18,19)15-8-6-14(7-9-15)20-13-16(12-17)10-4-2-3-5-11-16/h6-9H,2-5,10-13H2,1H3. The van der Waals surface area contributed by atoms with E-state index in [-0.39, 0.29) is 0 Å². The van der Waals surface area contributed by atoms with E-state index in [1.54, 1.807) is 12.1 Å². The number of hydrogen-bond acceptors (Lipinski definition) is 3. The van der Waals surface area contributed by atoms with E-state index in [0.717, 1.165) is 16.0 Å². The normalized spacial score (nSPS) is 19.1. The van der Waals surface area contributed by atoms with Gasteiger partial charge in [0.15, 0.2) is 9.84 Å². The fourth-order valence-corrected chi connectivity index (χ4v) is 5.66. The first-order chi connectivity index (χ1) is 9.95. The van der Waals surface area contributed by atoms with Gasteiger partial charge in [-0.25, -0.2) is 8.42 Å². The second-order valence-electron chi connectivity index (χ2n) is 6.08. The van der Waals surface area contributed by atoms with Gasteiger partial charge in [-0.2, -0.15) is 0 Å². The van der Waals surface area contributed by atoms with Crippen LogP contribution in [0.2, 0.25) is 0 Å². The maximum atomic E-state index is 11.5. The van der Waals surface area contributed by atoms with Gasteiger partial charge in [-0.15, -0.1) is 11.8 Å². The molecule has 21 heavy (non-hydrogen) atoms. The average molecular weight is 391 g/mol. The second kappa shape index (κ2) is 7.51. The fourth-order valence-electron chi connectivity index (χ4n) is 2.81. The van der Waals surface area contributed by atoms with Crippen LogP contribution in [0.15, 0.2) is 34.1 Å². The molecule has 0 radical (unpaired) electrons. The maximum Gasteiger partial charge on any atom is 0.175 e.